The Kier molecular flexibility index (Phi) is 7.74. The minimum atomic E-state index is -0.332. The molecule has 6 heteroatoms. The molecule has 2 aromatic rings. The molecule has 0 spiro atoms. The van der Waals surface area contributed by atoms with E-state index < -0.39 is 0 Å². The number of carbonyl (C=O) groups excluding carboxylic acids is 2. The maximum Gasteiger partial charge on any atom is 0.220 e. The Morgan fingerprint density at radius 3 is 1.54 bits per heavy atom. The fourth-order valence-electron chi connectivity index (χ4n) is 2.44. The summed E-state index contributed by atoms with van der Waals surface area (Å²) in [6, 6.07) is 12.1. The van der Waals surface area contributed by atoms with Crippen LogP contribution in [0.25, 0.3) is 0 Å². The largest absolute Gasteiger partial charge is 0.352 e. The Hall–Kier alpha value is -2.76. The number of rotatable bonds is 9. The fraction of sp³-hybridized carbons (Fsp3) is 0.300. The van der Waals surface area contributed by atoms with Crippen LogP contribution in [0.5, 0.6) is 0 Å². The molecule has 0 aliphatic rings. The van der Waals surface area contributed by atoms with Gasteiger partial charge in [0.15, 0.2) is 0 Å². The average Bonchev–Trinajstić information content (AvgIpc) is 2.62. The third kappa shape index (κ3) is 7.42. The van der Waals surface area contributed by atoms with Crippen molar-refractivity contribution in [1.29, 1.82) is 0 Å². The predicted octanol–water partition coefficient (Wildman–Crippen LogP) is 3.46. The topological polar surface area (TPSA) is 58.2 Å². The molecular weight excluding hydrogens is 338 g/mol. The van der Waals surface area contributed by atoms with Crippen molar-refractivity contribution in [3.8, 4) is 0 Å². The minimum Gasteiger partial charge on any atom is -0.352 e. The molecule has 26 heavy (non-hydrogen) atoms. The van der Waals surface area contributed by atoms with Crippen molar-refractivity contribution in [3.63, 3.8) is 0 Å². The van der Waals surface area contributed by atoms with Crippen LogP contribution in [0.1, 0.15) is 36.8 Å². The molecule has 2 N–H and O–H groups in total. The normalized spacial score (nSPS) is 10.4. The predicted molar refractivity (Wildman–Crippen MR) is 95.0 cm³/mol. The first-order valence-corrected chi connectivity index (χ1v) is 8.55. The molecule has 4 nitrogen and oxygen atoms in total. The Bertz CT molecular complexity index is 687. The van der Waals surface area contributed by atoms with Crippen LogP contribution < -0.4 is 10.6 Å². The molecule has 0 saturated heterocycles. The summed E-state index contributed by atoms with van der Waals surface area (Å²) < 4.78 is 26.1. The van der Waals surface area contributed by atoms with Crippen molar-refractivity contribution in [2.45, 2.75) is 38.8 Å². The van der Waals surface area contributed by atoms with Crippen molar-refractivity contribution in [1.82, 2.24) is 10.6 Å². The van der Waals surface area contributed by atoms with Crippen molar-refractivity contribution in [2.75, 3.05) is 0 Å². The number of hydrogen-bond donors (Lipinski definition) is 2. The van der Waals surface area contributed by atoms with Gasteiger partial charge in [0.05, 0.1) is 0 Å². The van der Waals surface area contributed by atoms with E-state index in [0.29, 0.717) is 36.8 Å². The molecule has 0 aliphatic heterocycles. The standard InChI is InChI=1S/C20H22F2N2O2/c21-17-7-3-5-15(11-17)13-23-19(25)9-1-2-10-20(26)24-14-16-6-4-8-18(22)12-16/h3-8,11-12H,1-2,9-10,13-14H2,(H,23,25)(H,24,26). The van der Waals surface area contributed by atoms with Gasteiger partial charge in [-0.05, 0) is 48.2 Å². The summed E-state index contributed by atoms with van der Waals surface area (Å²) in [5, 5.41) is 5.45. The summed E-state index contributed by atoms with van der Waals surface area (Å²) in [6.07, 6.45) is 1.80. The van der Waals surface area contributed by atoms with Crippen LogP contribution in [0.4, 0.5) is 8.78 Å². The van der Waals surface area contributed by atoms with E-state index in [0.717, 1.165) is 0 Å². The van der Waals surface area contributed by atoms with Gasteiger partial charge in [-0.25, -0.2) is 8.78 Å². The van der Waals surface area contributed by atoms with E-state index >= 15 is 0 Å². The number of unbranched alkanes of at least 4 members (excludes halogenated alkanes) is 1. The van der Waals surface area contributed by atoms with E-state index in [1.165, 1.54) is 24.3 Å². The highest BCUT2D eigenvalue weighted by Crippen LogP contribution is 2.05. The first-order valence-electron chi connectivity index (χ1n) is 8.55. The number of amides is 2. The van der Waals surface area contributed by atoms with E-state index in [4.69, 9.17) is 0 Å². The third-order valence-electron chi connectivity index (χ3n) is 3.82. The molecule has 0 bridgehead atoms. The van der Waals surface area contributed by atoms with Crippen LogP contribution in [-0.4, -0.2) is 11.8 Å². The molecule has 0 radical (unpaired) electrons. The molecule has 0 atom stereocenters. The lowest BCUT2D eigenvalue weighted by Gasteiger charge is -2.07. The van der Waals surface area contributed by atoms with Gasteiger partial charge in [0, 0.05) is 25.9 Å². The third-order valence-corrected chi connectivity index (χ3v) is 3.82. The zero-order valence-electron chi connectivity index (χ0n) is 14.4. The summed E-state index contributed by atoms with van der Waals surface area (Å²) in [5.74, 6) is -0.925. The van der Waals surface area contributed by atoms with Gasteiger partial charge >= 0.3 is 0 Å². The highest BCUT2D eigenvalue weighted by atomic mass is 19.1. The maximum atomic E-state index is 13.0. The second-order valence-corrected chi connectivity index (χ2v) is 6.02. The molecule has 2 amide bonds. The highest BCUT2D eigenvalue weighted by molar-refractivity contribution is 5.77. The first kappa shape index (κ1) is 19.6. The Labute approximate surface area is 151 Å². The fourth-order valence-corrected chi connectivity index (χ4v) is 2.44. The molecule has 138 valence electrons. The monoisotopic (exact) mass is 360 g/mol. The number of benzene rings is 2. The summed E-state index contributed by atoms with van der Waals surface area (Å²) in [5.41, 5.74) is 1.41. The molecule has 0 unspecified atom stereocenters. The molecule has 0 heterocycles. The van der Waals surface area contributed by atoms with Crippen molar-refractivity contribution < 1.29 is 18.4 Å². The summed E-state index contributed by atoms with van der Waals surface area (Å²) in [6.45, 7) is 0.565. The van der Waals surface area contributed by atoms with Crippen molar-refractivity contribution >= 4 is 11.8 Å². The Balaban J connectivity index is 1.56. The molecule has 0 aromatic heterocycles. The van der Waals surface area contributed by atoms with Gasteiger partial charge in [0.1, 0.15) is 11.6 Å². The molecule has 0 aliphatic carbocycles. The lowest BCUT2D eigenvalue weighted by atomic mass is 10.1. The van der Waals surface area contributed by atoms with Gasteiger partial charge in [-0.1, -0.05) is 24.3 Å². The van der Waals surface area contributed by atoms with Gasteiger partial charge in [-0.3, -0.25) is 9.59 Å². The van der Waals surface area contributed by atoms with Crippen LogP contribution in [0.2, 0.25) is 0 Å². The van der Waals surface area contributed by atoms with Crippen LogP contribution in [0.3, 0.4) is 0 Å². The van der Waals surface area contributed by atoms with E-state index in [-0.39, 0.29) is 36.5 Å². The smallest absolute Gasteiger partial charge is 0.220 e. The SMILES string of the molecule is O=C(CCCCC(=O)NCc1cccc(F)c1)NCc1cccc(F)c1. The summed E-state index contributed by atoms with van der Waals surface area (Å²) in [7, 11) is 0. The van der Waals surface area contributed by atoms with Gasteiger partial charge < -0.3 is 10.6 Å². The zero-order chi connectivity index (χ0) is 18.8. The highest BCUT2D eigenvalue weighted by Gasteiger charge is 2.05. The molecule has 2 aromatic carbocycles. The molecule has 0 fully saturated rings. The summed E-state index contributed by atoms with van der Waals surface area (Å²) >= 11 is 0. The van der Waals surface area contributed by atoms with E-state index in [9.17, 15) is 18.4 Å². The lowest BCUT2D eigenvalue weighted by molar-refractivity contribution is -0.123. The van der Waals surface area contributed by atoms with Crippen LogP contribution in [-0.2, 0) is 22.7 Å². The van der Waals surface area contributed by atoms with Gasteiger partial charge in [0.25, 0.3) is 0 Å². The summed E-state index contributed by atoms with van der Waals surface area (Å²) in [4.78, 5) is 23.5. The quantitative estimate of drug-likeness (QED) is 0.673. The van der Waals surface area contributed by atoms with Crippen LogP contribution >= 0.6 is 0 Å². The lowest BCUT2D eigenvalue weighted by Crippen LogP contribution is -2.23. The van der Waals surface area contributed by atoms with Crippen molar-refractivity contribution in [2.24, 2.45) is 0 Å². The minimum absolute atomic E-state index is 0.130. The van der Waals surface area contributed by atoms with Crippen molar-refractivity contribution in [3.05, 3.63) is 71.3 Å². The maximum absolute atomic E-state index is 13.0. The first-order chi connectivity index (χ1) is 12.5. The van der Waals surface area contributed by atoms with E-state index in [1.807, 2.05) is 0 Å². The number of nitrogens with one attached hydrogen (secondary N) is 2. The second kappa shape index (κ2) is 10.3. The number of halogens is 2. The number of carbonyl (C=O) groups is 2. The average molecular weight is 360 g/mol. The van der Waals surface area contributed by atoms with E-state index in [1.54, 1.807) is 24.3 Å². The van der Waals surface area contributed by atoms with E-state index in [2.05, 4.69) is 10.6 Å². The van der Waals surface area contributed by atoms with Gasteiger partial charge in [-0.2, -0.15) is 0 Å². The van der Waals surface area contributed by atoms with Gasteiger partial charge in [-0.15, -0.1) is 0 Å². The zero-order valence-corrected chi connectivity index (χ0v) is 14.4. The van der Waals surface area contributed by atoms with Gasteiger partial charge in [0.2, 0.25) is 11.8 Å². The molecular formula is C20H22F2N2O2. The second-order valence-electron chi connectivity index (χ2n) is 6.02. The van der Waals surface area contributed by atoms with Crippen LogP contribution in [0.15, 0.2) is 48.5 Å². The number of hydrogen-bond acceptors (Lipinski definition) is 2. The molecule has 0 saturated carbocycles. The Morgan fingerprint density at radius 2 is 1.15 bits per heavy atom. The molecule has 2 rings (SSSR count). The Morgan fingerprint density at radius 1 is 0.731 bits per heavy atom. The van der Waals surface area contributed by atoms with Crippen LogP contribution in [0, 0.1) is 11.6 Å².